The molecule has 0 aliphatic heterocycles. The Kier molecular flexibility index (Phi) is 6.21. The second kappa shape index (κ2) is 9.20. The number of nitrogens with zero attached hydrogens (tertiary/aromatic N) is 3. The van der Waals surface area contributed by atoms with E-state index in [1.807, 2.05) is 36.4 Å². The van der Waals surface area contributed by atoms with Gasteiger partial charge in [0.1, 0.15) is 0 Å². The maximum absolute atomic E-state index is 12.9. The van der Waals surface area contributed by atoms with Gasteiger partial charge in [-0.1, -0.05) is 37.2 Å². The summed E-state index contributed by atoms with van der Waals surface area (Å²) in [6.45, 7) is 4.55. The van der Waals surface area contributed by atoms with E-state index in [4.69, 9.17) is 4.52 Å². The molecule has 1 aromatic carbocycles. The van der Waals surface area contributed by atoms with Crippen molar-refractivity contribution >= 4 is 11.6 Å². The lowest BCUT2D eigenvalue weighted by Gasteiger charge is -2.30. The summed E-state index contributed by atoms with van der Waals surface area (Å²) in [5, 5.41) is 7.21. The molecule has 0 spiro atoms. The molecule has 6 heteroatoms. The quantitative estimate of drug-likeness (QED) is 0.616. The molecule has 0 unspecified atom stereocenters. The summed E-state index contributed by atoms with van der Waals surface area (Å²) in [7, 11) is 0. The lowest BCUT2D eigenvalue weighted by atomic mass is 9.76. The Morgan fingerprint density at radius 2 is 1.83 bits per heavy atom. The summed E-state index contributed by atoms with van der Waals surface area (Å²) in [5.41, 5.74) is 2.64. The Bertz CT molecular complexity index is 976. The van der Waals surface area contributed by atoms with Crippen LogP contribution < -0.4 is 5.32 Å². The molecule has 1 saturated carbocycles. The van der Waals surface area contributed by atoms with Crippen LogP contribution in [0, 0.1) is 17.8 Å². The molecule has 2 heterocycles. The fraction of sp³-hybridized carbons (Fsp3) is 0.417. The van der Waals surface area contributed by atoms with E-state index in [9.17, 15) is 4.79 Å². The number of carbonyl (C=O) groups excluding carboxylic acids is 1. The molecule has 1 aliphatic carbocycles. The molecule has 0 radical (unpaired) electrons. The van der Waals surface area contributed by atoms with Gasteiger partial charge in [0, 0.05) is 29.6 Å². The van der Waals surface area contributed by atoms with Crippen LogP contribution in [0.2, 0.25) is 0 Å². The standard InChI is InChI=1S/C24H28N4O2/c1-16(2)17-7-9-19(10-8-17)24(29)26-21-6-4-3-5-20(21)15-22-27-23(28-30-22)18-11-13-25-14-12-18/h3-6,11-14,16-17,19H,7-10,15H2,1-2H3,(H,26,29). The van der Waals surface area contributed by atoms with Crippen molar-refractivity contribution in [3.05, 3.63) is 60.2 Å². The number of hydrogen-bond donors (Lipinski definition) is 1. The number of benzene rings is 1. The van der Waals surface area contributed by atoms with Gasteiger partial charge in [0.25, 0.3) is 0 Å². The second-order valence-electron chi connectivity index (χ2n) is 8.43. The van der Waals surface area contributed by atoms with E-state index in [1.165, 1.54) is 0 Å². The van der Waals surface area contributed by atoms with Crippen molar-refractivity contribution in [3.63, 3.8) is 0 Å². The lowest BCUT2D eigenvalue weighted by Crippen LogP contribution is -2.28. The normalized spacial score (nSPS) is 19.0. The van der Waals surface area contributed by atoms with Crippen LogP contribution in [0.25, 0.3) is 11.4 Å². The van der Waals surface area contributed by atoms with Crippen molar-refractivity contribution in [2.24, 2.45) is 17.8 Å². The van der Waals surface area contributed by atoms with Gasteiger partial charge in [-0.2, -0.15) is 4.98 Å². The molecule has 6 nitrogen and oxygen atoms in total. The first-order valence-corrected chi connectivity index (χ1v) is 10.7. The van der Waals surface area contributed by atoms with E-state index in [0.29, 0.717) is 24.1 Å². The Morgan fingerprint density at radius 3 is 2.57 bits per heavy atom. The van der Waals surface area contributed by atoms with Gasteiger partial charge in [-0.25, -0.2) is 0 Å². The molecule has 1 N–H and O–H groups in total. The summed E-state index contributed by atoms with van der Waals surface area (Å²) in [6.07, 6.45) is 8.07. The van der Waals surface area contributed by atoms with Gasteiger partial charge in [0.2, 0.25) is 17.6 Å². The van der Waals surface area contributed by atoms with Crippen molar-refractivity contribution < 1.29 is 9.32 Å². The number of pyridine rings is 1. The monoisotopic (exact) mass is 404 g/mol. The van der Waals surface area contributed by atoms with Gasteiger partial charge < -0.3 is 9.84 Å². The molecule has 1 fully saturated rings. The fourth-order valence-corrected chi connectivity index (χ4v) is 4.19. The minimum atomic E-state index is 0.0924. The number of nitrogens with one attached hydrogen (secondary N) is 1. The molecule has 0 bridgehead atoms. The SMILES string of the molecule is CC(C)C1CCC(C(=O)Nc2ccccc2Cc2nc(-c3ccncc3)no2)CC1. The number of hydrogen-bond acceptors (Lipinski definition) is 5. The Morgan fingerprint density at radius 1 is 1.10 bits per heavy atom. The largest absolute Gasteiger partial charge is 0.339 e. The van der Waals surface area contributed by atoms with Crippen molar-refractivity contribution in [3.8, 4) is 11.4 Å². The minimum Gasteiger partial charge on any atom is -0.339 e. The highest BCUT2D eigenvalue weighted by atomic mass is 16.5. The lowest BCUT2D eigenvalue weighted by molar-refractivity contribution is -0.121. The van der Waals surface area contributed by atoms with Gasteiger partial charge in [-0.05, 0) is 61.3 Å². The van der Waals surface area contributed by atoms with E-state index >= 15 is 0 Å². The molecular weight excluding hydrogens is 376 g/mol. The molecule has 156 valence electrons. The third-order valence-electron chi connectivity index (χ3n) is 6.11. The van der Waals surface area contributed by atoms with Gasteiger partial charge >= 0.3 is 0 Å². The van der Waals surface area contributed by atoms with E-state index in [2.05, 4.69) is 34.3 Å². The molecule has 3 aromatic rings. The first-order chi connectivity index (χ1) is 14.6. The topological polar surface area (TPSA) is 80.9 Å². The van der Waals surface area contributed by atoms with Crippen LogP contribution in [0.3, 0.4) is 0 Å². The molecule has 0 atom stereocenters. The fourth-order valence-electron chi connectivity index (χ4n) is 4.19. The highest BCUT2D eigenvalue weighted by Crippen LogP contribution is 2.34. The molecule has 4 rings (SSSR count). The molecule has 30 heavy (non-hydrogen) atoms. The number of rotatable bonds is 6. The van der Waals surface area contributed by atoms with Crippen LogP contribution in [0.5, 0.6) is 0 Å². The molecule has 1 amide bonds. The molecule has 1 aliphatic rings. The van der Waals surface area contributed by atoms with Crippen LogP contribution in [0.4, 0.5) is 5.69 Å². The van der Waals surface area contributed by atoms with Crippen LogP contribution >= 0.6 is 0 Å². The highest BCUT2D eigenvalue weighted by molar-refractivity contribution is 5.93. The van der Waals surface area contributed by atoms with E-state index in [0.717, 1.165) is 48.4 Å². The Hall–Kier alpha value is -3.02. The van der Waals surface area contributed by atoms with Crippen LogP contribution in [0.1, 0.15) is 51.0 Å². The average Bonchev–Trinajstić information content (AvgIpc) is 3.24. The smallest absolute Gasteiger partial charge is 0.231 e. The predicted molar refractivity (Wildman–Crippen MR) is 116 cm³/mol. The van der Waals surface area contributed by atoms with Gasteiger partial charge in [-0.3, -0.25) is 9.78 Å². The maximum Gasteiger partial charge on any atom is 0.231 e. The van der Waals surface area contributed by atoms with Crippen molar-refractivity contribution in [2.75, 3.05) is 5.32 Å². The number of carbonyl (C=O) groups is 1. The average molecular weight is 405 g/mol. The third-order valence-corrected chi connectivity index (χ3v) is 6.11. The van der Waals surface area contributed by atoms with Crippen LogP contribution in [-0.4, -0.2) is 21.0 Å². The van der Waals surface area contributed by atoms with Gasteiger partial charge in [0.15, 0.2) is 0 Å². The van der Waals surface area contributed by atoms with Crippen LogP contribution in [0.15, 0.2) is 53.3 Å². The van der Waals surface area contributed by atoms with Gasteiger partial charge in [-0.15, -0.1) is 0 Å². The summed E-state index contributed by atoms with van der Waals surface area (Å²) < 4.78 is 5.44. The van der Waals surface area contributed by atoms with Crippen molar-refractivity contribution in [2.45, 2.75) is 46.0 Å². The van der Waals surface area contributed by atoms with Crippen molar-refractivity contribution in [1.82, 2.24) is 15.1 Å². The Balaban J connectivity index is 1.42. The predicted octanol–water partition coefficient (Wildman–Crippen LogP) is 5.12. The maximum atomic E-state index is 12.9. The number of aromatic nitrogens is 3. The van der Waals surface area contributed by atoms with E-state index in [-0.39, 0.29) is 11.8 Å². The highest BCUT2D eigenvalue weighted by Gasteiger charge is 2.28. The van der Waals surface area contributed by atoms with E-state index in [1.54, 1.807) is 12.4 Å². The summed E-state index contributed by atoms with van der Waals surface area (Å²) in [5.74, 6) is 2.70. The molecule has 0 saturated heterocycles. The van der Waals surface area contributed by atoms with E-state index < -0.39 is 0 Å². The molecule has 2 aromatic heterocycles. The van der Waals surface area contributed by atoms with Gasteiger partial charge in [0.05, 0.1) is 6.42 Å². The number of amides is 1. The summed E-state index contributed by atoms with van der Waals surface area (Å²) in [6, 6.07) is 11.5. The zero-order valence-corrected chi connectivity index (χ0v) is 17.5. The molecular formula is C24H28N4O2. The third kappa shape index (κ3) is 4.75. The van der Waals surface area contributed by atoms with Crippen molar-refractivity contribution in [1.29, 1.82) is 0 Å². The van der Waals surface area contributed by atoms with Crippen LogP contribution in [-0.2, 0) is 11.2 Å². The Labute approximate surface area is 177 Å². The summed E-state index contributed by atoms with van der Waals surface area (Å²) >= 11 is 0. The number of para-hydroxylation sites is 1. The number of anilines is 1. The first-order valence-electron chi connectivity index (χ1n) is 10.7. The second-order valence-corrected chi connectivity index (χ2v) is 8.43. The first kappa shape index (κ1) is 20.3. The summed E-state index contributed by atoms with van der Waals surface area (Å²) in [4.78, 5) is 21.4. The zero-order chi connectivity index (χ0) is 20.9. The minimum absolute atomic E-state index is 0.0924. The zero-order valence-electron chi connectivity index (χ0n) is 17.5.